The number of rotatable bonds is 6. The monoisotopic (exact) mass is 536 g/mol. The minimum Gasteiger partial charge on any atom is -0.441 e. The fourth-order valence-electron chi connectivity index (χ4n) is 3.79. The van der Waals surface area contributed by atoms with E-state index in [0.29, 0.717) is 10.6 Å². The number of halogens is 4. The van der Waals surface area contributed by atoms with Crippen molar-refractivity contribution >= 4 is 40.9 Å². The van der Waals surface area contributed by atoms with Crippen molar-refractivity contribution in [2.24, 2.45) is 12.5 Å². The summed E-state index contributed by atoms with van der Waals surface area (Å²) >= 11 is 6.14. The Morgan fingerprint density at radius 1 is 1.16 bits per heavy atom. The number of ketones is 1. The van der Waals surface area contributed by atoms with Gasteiger partial charge in [-0.3, -0.25) is 19.9 Å². The van der Waals surface area contributed by atoms with Gasteiger partial charge in [0.25, 0.3) is 0 Å². The topological polar surface area (TPSA) is 128 Å². The van der Waals surface area contributed by atoms with Gasteiger partial charge in [0.2, 0.25) is 5.91 Å². The van der Waals surface area contributed by atoms with E-state index in [4.69, 9.17) is 16.3 Å². The number of aromatic nitrogens is 4. The molecule has 1 aliphatic carbocycles. The van der Waals surface area contributed by atoms with Gasteiger partial charge >= 0.3 is 12.3 Å². The molecule has 4 rings (SSSR count). The van der Waals surface area contributed by atoms with Gasteiger partial charge in [0.05, 0.1) is 17.6 Å². The van der Waals surface area contributed by atoms with E-state index in [1.54, 1.807) is 31.2 Å². The molecule has 2 aromatic heterocycles. The zero-order chi connectivity index (χ0) is 27.0. The van der Waals surface area contributed by atoms with Gasteiger partial charge < -0.3 is 10.1 Å². The third-order valence-corrected chi connectivity index (χ3v) is 6.26. The fourth-order valence-corrected chi connectivity index (χ4v) is 4.08. The molecule has 194 valence electrons. The van der Waals surface area contributed by atoms with Crippen LogP contribution in [0.1, 0.15) is 31.4 Å². The first-order valence-corrected chi connectivity index (χ1v) is 11.3. The molecule has 1 aliphatic rings. The van der Waals surface area contributed by atoms with Gasteiger partial charge in [-0.05, 0) is 25.1 Å². The Kier molecular flexibility index (Phi) is 6.91. The third kappa shape index (κ3) is 5.12. The quantitative estimate of drug-likeness (QED) is 0.467. The Balaban J connectivity index is 1.46. The lowest BCUT2D eigenvalue weighted by atomic mass is 9.66. The van der Waals surface area contributed by atoms with E-state index in [0.717, 1.165) is 6.20 Å². The Bertz CT molecular complexity index is 1350. The summed E-state index contributed by atoms with van der Waals surface area (Å²) in [5.74, 6) is -1.82. The molecule has 0 radical (unpaired) electrons. The van der Waals surface area contributed by atoms with Gasteiger partial charge in [-0.1, -0.05) is 35.0 Å². The number of amides is 2. The number of aryl methyl sites for hydroxylation is 1. The average molecular weight is 537 g/mol. The first-order chi connectivity index (χ1) is 17.4. The molecule has 0 bridgehead atoms. The number of nitrogens with zero attached hydrogens (tertiary/aromatic N) is 4. The molecule has 1 fully saturated rings. The molecule has 37 heavy (non-hydrogen) atoms. The summed E-state index contributed by atoms with van der Waals surface area (Å²) in [5, 5.41) is 13.0. The van der Waals surface area contributed by atoms with E-state index < -0.39 is 48.3 Å². The second-order valence-electron chi connectivity index (χ2n) is 8.46. The number of pyridine rings is 1. The first kappa shape index (κ1) is 26.1. The van der Waals surface area contributed by atoms with Crippen LogP contribution in [0.25, 0.3) is 11.4 Å². The second kappa shape index (κ2) is 9.81. The number of carbonyl (C=O) groups is 3. The number of benzene rings is 1. The summed E-state index contributed by atoms with van der Waals surface area (Å²) in [7, 11) is 1.52. The lowest BCUT2D eigenvalue weighted by molar-refractivity contribution is -0.235. The van der Waals surface area contributed by atoms with Crippen LogP contribution in [-0.4, -0.2) is 43.9 Å². The number of hydrogen-bond donors (Lipinski definition) is 2. The standard InChI is InChI=1S/C23H20ClF3N6O4/c1-12(15-5-3-4-6-16(15)24)37-21(36)30-19-18(31-32-33(19)2)17-8-7-13(11-28-17)29-20(35)22(23(25,26)27)9-14(34)10-22/h3-8,11-12H,9-10H2,1-2H3,(H,29,35)(H,30,36)/t12-/m1/s1. The molecule has 0 saturated heterocycles. The van der Waals surface area contributed by atoms with Gasteiger partial charge in [-0.15, -0.1) is 5.10 Å². The summed E-state index contributed by atoms with van der Waals surface area (Å²) in [5.41, 5.74) is -1.78. The van der Waals surface area contributed by atoms with E-state index in [1.165, 1.54) is 23.9 Å². The van der Waals surface area contributed by atoms with Crippen molar-refractivity contribution in [3.63, 3.8) is 0 Å². The number of alkyl halides is 3. The number of ether oxygens (including phenoxy) is 1. The molecule has 1 aromatic carbocycles. The van der Waals surface area contributed by atoms with Crippen LogP contribution < -0.4 is 10.6 Å². The summed E-state index contributed by atoms with van der Waals surface area (Å²) in [6.07, 6.45) is -6.99. The molecule has 14 heteroatoms. The number of anilines is 2. The first-order valence-electron chi connectivity index (χ1n) is 10.9. The van der Waals surface area contributed by atoms with Crippen molar-refractivity contribution in [3.8, 4) is 11.4 Å². The van der Waals surface area contributed by atoms with Crippen molar-refractivity contribution < 1.29 is 32.3 Å². The predicted molar refractivity (Wildman–Crippen MR) is 126 cm³/mol. The summed E-state index contributed by atoms with van der Waals surface area (Å²) in [6.45, 7) is 1.65. The van der Waals surface area contributed by atoms with Crippen LogP contribution >= 0.6 is 11.6 Å². The molecular weight excluding hydrogens is 517 g/mol. The highest BCUT2D eigenvalue weighted by atomic mass is 35.5. The average Bonchev–Trinajstić information content (AvgIpc) is 3.16. The van der Waals surface area contributed by atoms with Crippen LogP contribution in [0.4, 0.5) is 29.5 Å². The van der Waals surface area contributed by atoms with Gasteiger partial charge in [0.15, 0.2) is 16.9 Å². The Morgan fingerprint density at radius 2 is 1.86 bits per heavy atom. The van der Waals surface area contributed by atoms with Gasteiger partial charge in [0.1, 0.15) is 11.9 Å². The molecule has 0 unspecified atom stereocenters. The highest BCUT2D eigenvalue weighted by Crippen LogP contribution is 2.51. The number of Topliss-reactive ketones (excluding diaryl/α,β-unsaturated/α-hetero) is 1. The molecule has 10 nitrogen and oxygen atoms in total. The van der Waals surface area contributed by atoms with Crippen molar-refractivity contribution in [1.29, 1.82) is 0 Å². The highest BCUT2D eigenvalue weighted by molar-refractivity contribution is 6.31. The lowest BCUT2D eigenvalue weighted by Gasteiger charge is -2.39. The smallest absolute Gasteiger partial charge is 0.413 e. The number of hydrogen-bond acceptors (Lipinski definition) is 7. The Labute approximate surface area is 213 Å². The molecular formula is C23H20ClF3N6O4. The minimum absolute atomic E-state index is 0.0110. The van der Waals surface area contributed by atoms with E-state index in [2.05, 4.69) is 25.9 Å². The molecule has 3 aromatic rings. The van der Waals surface area contributed by atoms with Crippen molar-refractivity contribution in [1.82, 2.24) is 20.0 Å². The highest BCUT2D eigenvalue weighted by Gasteiger charge is 2.67. The van der Waals surface area contributed by atoms with Gasteiger partial charge in [-0.25, -0.2) is 9.48 Å². The maximum atomic E-state index is 13.4. The molecule has 2 amide bonds. The van der Waals surface area contributed by atoms with Gasteiger partial charge in [-0.2, -0.15) is 13.2 Å². The van der Waals surface area contributed by atoms with E-state index >= 15 is 0 Å². The number of nitrogens with one attached hydrogen (secondary N) is 2. The van der Waals surface area contributed by atoms with Crippen LogP contribution in [0, 0.1) is 5.41 Å². The summed E-state index contributed by atoms with van der Waals surface area (Å²) < 4.78 is 46.9. The maximum absolute atomic E-state index is 13.4. The lowest BCUT2D eigenvalue weighted by Crippen LogP contribution is -2.56. The zero-order valence-corrected chi connectivity index (χ0v) is 20.2. The van der Waals surface area contributed by atoms with Crippen LogP contribution in [0.2, 0.25) is 5.02 Å². The number of carbonyl (C=O) groups excluding carboxylic acids is 3. The van der Waals surface area contributed by atoms with Crippen LogP contribution in [0.15, 0.2) is 42.6 Å². The van der Waals surface area contributed by atoms with Crippen LogP contribution in [0.3, 0.4) is 0 Å². The van der Waals surface area contributed by atoms with Crippen LogP contribution in [-0.2, 0) is 21.4 Å². The largest absolute Gasteiger partial charge is 0.441 e. The summed E-state index contributed by atoms with van der Waals surface area (Å²) in [4.78, 5) is 40.2. The Morgan fingerprint density at radius 3 is 2.46 bits per heavy atom. The molecule has 1 atom stereocenters. The third-order valence-electron chi connectivity index (χ3n) is 5.91. The van der Waals surface area contributed by atoms with E-state index in [1.807, 2.05) is 0 Å². The van der Waals surface area contributed by atoms with Crippen molar-refractivity contribution in [3.05, 3.63) is 53.2 Å². The fraction of sp³-hybridized carbons (Fsp3) is 0.304. The van der Waals surface area contributed by atoms with Crippen molar-refractivity contribution in [2.45, 2.75) is 32.0 Å². The molecule has 0 aliphatic heterocycles. The molecule has 1 saturated carbocycles. The SMILES string of the molecule is C[C@@H](OC(=O)Nc1c(-c2ccc(NC(=O)C3(C(F)(F)F)CC(=O)C3)cn2)nnn1C)c1ccccc1Cl. The zero-order valence-electron chi connectivity index (χ0n) is 19.5. The molecule has 2 N–H and O–H groups in total. The summed E-state index contributed by atoms with van der Waals surface area (Å²) in [6, 6.07) is 9.61. The maximum Gasteiger partial charge on any atom is 0.413 e. The normalized spacial score (nSPS) is 15.5. The minimum atomic E-state index is -4.86. The van der Waals surface area contributed by atoms with Crippen molar-refractivity contribution in [2.75, 3.05) is 10.6 Å². The van der Waals surface area contributed by atoms with Crippen LogP contribution in [0.5, 0.6) is 0 Å². The van der Waals surface area contributed by atoms with E-state index in [-0.39, 0.29) is 22.9 Å². The second-order valence-corrected chi connectivity index (χ2v) is 8.87. The Hall–Kier alpha value is -4.00. The molecule has 2 heterocycles. The van der Waals surface area contributed by atoms with E-state index in [9.17, 15) is 27.6 Å². The molecule has 0 spiro atoms. The predicted octanol–water partition coefficient (Wildman–Crippen LogP) is 4.69. The van der Waals surface area contributed by atoms with Gasteiger partial charge in [0, 0.05) is 30.5 Å².